The van der Waals surface area contributed by atoms with E-state index >= 15 is 0 Å². The zero-order chi connectivity index (χ0) is 13.5. The lowest BCUT2D eigenvalue weighted by molar-refractivity contribution is 0.185. The summed E-state index contributed by atoms with van der Waals surface area (Å²) >= 11 is 0. The molecule has 0 unspecified atom stereocenters. The third-order valence-electron chi connectivity index (χ3n) is 3.07. The molecule has 0 saturated carbocycles. The Morgan fingerprint density at radius 1 is 1.05 bits per heavy atom. The Hall–Kier alpha value is -1.71. The second-order valence-electron chi connectivity index (χ2n) is 4.62. The molecule has 3 nitrogen and oxygen atoms in total. The highest BCUT2D eigenvalue weighted by molar-refractivity contribution is 5.22. The molecule has 0 radical (unpaired) electrons. The SMILES string of the molecule is COCc1ccc(CNCc2ncccc2C)cc1. The van der Waals surface area contributed by atoms with Gasteiger partial charge in [0, 0.05) is 26.4 Å². The number of methoxy groups -OCH3 is 1. The van der Waals surface area contributed by atoms with Gasteiger partial charge in [-0.25, -0.2) is 0 Å². The van der Waals surface area contributed by atoms with Crippen LogP contribution in [0.15, 0.2) is 42.6 Å². The summed E-state index contributed by atoms with van der Waals surface area (Å²) in [6.07, 6.45) is 1.84. The third-order valence-corrected chi connectivity index (χ3v) is 3.07. The first-order chi connectivity index (χ1) is 9.29. The number of benzene rings is 1. The summed E-state index contributed by atoms with van der Waals surface area (Å²) in [5.74, 6) is 0. The Morgan fingerprint density at radius 2 is 1.79 bits per heavy atom. The van der Waals surface area contributed by atoms with Gasteiger partial charge in [0.05, 0.1) is 12.3 Å². The van der Waals surface area contributed by atoms with Crippen molar-refractivity contribution >= 4 is 0 Å². The molecular weight excluding hydrogens is 236 g/mol. The highest BCUT2D eigenvalue weighted by Crippen LogP contribution is 2.06. The molecule has 0 fully saturated rings. The normalized spacial score (nSPS) is 10.6. The monoisotopic (exact) mass is 256 g/mol. The minimum absolute atomic E-state index is 0.667. The van der Waals surface area contributed by atoms with Gasteiger partial charge in [0.15, 0.2) is 0 Å². The predicted octanol–water partition coefficient (Wildman–Crippen LogP) is 2.83. The Bertz CT molecular complexity index is 508. The molecule has 19 heavy (non-hydrogen) atoms. The first-order valence-electron chi connectivity index (χ1n) is 6.47. The van der Waals surface area contributed by atoms with Crippen molar-refractivity contribution in [3.05, 3.63) is 65.0 Å². The van der Waals surface area contributed by atoms with Gasteiger partial charge in [0.25, 0.3) is 0 Å². The lowest BCUT2D eigenvalue weighted by atomic mass is 10.1. The minimum atomic E-state index is 0.667. The van der Waals surface area contributed by atoms with E-state index in [2.05, 4.69) is 47.6 Å². The second-order valence-corrected chi connectivity index (χ2v) is 4.62. The molecule has 0 bridgehead atoms. The quantitative estimate of drug-likeness (QED) is 0.863. The average molecular weight is 256 g/mol. The van der Waals surface area contributed by atoms with Crippen LogP contribution in [0.3, 0.4) is 0 Å². The Morgan fingerprint density at radius 3 is 2.47 bits per heavy atom. The van der Waals surface area contributed by atoms with E-state index in [1.807, 2.05) is 12.3 Å². The van der Waals surface area contributed by atoms with Crippen molar-refractivity contribution in [2.75, 3.05) is 7.11 Å². The summed E-state index contributed by atoms with van der Waals surface area (Å²) in [6.45, 7) is 4.40. The van der Waals surface area contributed by atoms with Crippen LogP contribution in [0.2, 0.25) is 0 Å². The van der Waals surface area contributed by atoms with Crippen LogP contribution < -0.4 is 5.32 Å². The van der Waals surface area contributed by atoms with Gasteiger partial charge in [0.1, 0.15) is 0 Å². The van der Waals surface area contributed by atoms with Crippen molar-refractivity contribution in [2.24, 2.45) is 0 Å². The minimum Gasteiger partial charge on any atom is -0.380 e. The van der Waals surface area contributed by atoms with E-state index in [9.17, 15) is 0 Å². The van der Waals surface area contributed by atoms with Crippen molar-refractivity contribution in [3.8, 4) is 0 Å². The molecule has 1 heterocycles. The van der Waals surface area contributed by atoms with E-state index in [4.69, 9.17) is 4.74 Å². The van der Waals surface area contributed by atoms with E-state index in [1.165, 1.54) is 16.7 Å². The maximum atomic E-state index is 5.10. The van der Waals surface area contributed by atoms with Crippen LogP contribution in [-0.2, 0) is 24.4 Å². The number of hydrogen-bond donors (Lipinski definition) is 1. The highest BCUT2D eigenvalue weighted by Gasteiger charge is 1.99. The lowest BCUT2D eigenvalue weighted by Gasteiger charge is -2.07. The van der Waals surface area contributed by atoms with Crippen LogP contribution in [-0.4, -0.2) is 12.1 Å². The Balaban J connectivity index is 1.84. The largest absolute Gasteiger partial charge is 0.380 e. The van der Waals surface area contributed by atoms with Crippen molar-refractivity contribution in [1.29, 1.82) is 0 Å². The van der Waals surface area contributed by atoms with Gasteiger partial charge in [-0.2, -0.15) is 0 Å². The Labute approximate surface area is 114 Å². The summed E-state index contributed by atoms with van der Waals surface area (Å²) < 4.78 is 5.10. The Kier molecular flexibility index (Phi) is 5.07. The van der Waals surface area contributed by atoms with Crippen molar-refractivity contribution < 1.29 is 4.74 Å². The van der Waals surface area contributed by atoms with Gasteiger partial charge in [-0.05, 0) is 29.7 Å². The van der Waals surface area contributed by atoms with Crippen molar-refractivity contribution in [3.63, 3.8) is 0 Å². The van der Waals surface area contributed by atoms with E-state index in [1.54, 1.807) is 7.11 Å². The standard InChI is InChI=1S/C16H20N2O/c1-13-4-3-9-18-16(13)11-17-10-14-5-7-15(8-6-14)12-19-2/h3-9,17H,10-12H2,1-2H3. The smallest absolute Gasteiger partial charge is 0.0713 e. The summed E-state index contributed by atoms with van der Waals surface area (Å²) in [5.41, 5.74) is 4.81. The summed E-state index contributed by atoms with van der Waals surface area (Å²) in [4.78, 5) is 4.37. The maximum absolute atomic E-state index is 5.10. The van der Waals surface area contributed by atoms with E-state index in [0.29, 0.717) is 6.61 Å². The number of nitrogens with one attached hydrogen (secondary N) is 1. The fourth-order valence-electron chi connectivity index (χ4n) is 1.95. The molecule has 3 heteroatoms. The van der Waals surface area contributed by atoms with Crippen LogP contribution >= 0.6 is 0 Å². The predicted molar refractivity (Wildman–Crippen MR) is 76.7 cm³/mol. The highest BCUT2D eigenvalue weighted by atomic mass is 16.5. The van der Waals surface area contributed by atoms with Crippen LogP contribution in [0, 0.1) is 6.92 Å². The van der Waals surface area contributed by atoms with Gasteiger partial charge in [-0.3, -0.25) is 4.98 Å². The molecule has 0 aliphatic rings. The number of hydrogen-bond acceptors (Lipinski definition) is 3. The van der Waals surface area contributed by atoms with Gasteiger partial charge < -0.3 is 10.1 Å². The van der Waals surface area contributed by atoms with Gasteiger partial charge in [-0.1, -0.05) is 30.3 Å². The number of nitrogens with zero attached hydrogens (tertiary/aromatic N) is 1. The van der Waals surface area contributed by atoms with Gasteiger partial charge in [0.2, 0.25) is 0 Å². The maximum Gasteiger partial charge on any atom is 0.0713 e. The van der Waals surface area contributed by atoms with Crippen LogP contribution in [0.4, 0.5) is 0 Å². The third kappa shape index (κ3) is 4.16. The zero-order valence-corrected chi connectivity index (χ0v) is 11.5. The number of pyridine rings is 1. The molecule has 1 N–H and O–H groups in total. The topological polar surface area (TPSA) is 34.1 Å². The lowest BCUT2D eigenvalue weighted by Crippen LogP contribution is -2.14. The number of aromatic nitrogens is 1. The summed E-state index contributed by atoms with van der Waals surface area (Å²) in [7, 11) is 1.71. The molecule has 0 aliphatic heterocycles. The van der Waals surface area contributed by atoms with Crippen molar-refractivity contribution in [1.82, 2.24) is 10.3 Å². The number of aryl methyl sites for hydroxylation is 1. The first kappa shape index (κ1) is 13.7. The molecule has 2 rings (SSSR count). The molecular formula is C16H20N2O. The van der Waals surface area contributed by atoms with Crippen LogP contribution in [0.1, 0.15) is 22.4 Å². The van der Waals surface area contributed by atoms with E-state index < -0.39 is 0 Å². The number of rotatable bonds is 6. The average Bonchev–Trinajstić information content (AvgIpc) is 2.43. The molecule has 0 aliphatic carbocycles. The second kappa shape index (κ2) is 7.02. The molecule has 0 saturated heterocycles. The van der Waals surface area contributed by atoms with Gasteiger partial charge in [-0.15, -0.1) is 0 Å². The van der Waals surface area contributed by atoms with Crippen LogP contribution in [0.25, 0.3) is 0 Å². The summed E-state index contributed by atoms with van der Waals surface area (Å²) in [6, 6.07) is 12.5. The first-order valence-corrected chi connectivity index (χ1v) is 6.47. The van der Waals surface area contributed by atoms with Crippen molar-refractivity contribution in [2.45, 2.75) is 26.6 Å². The molecule has 0 spiro atoms. The van der Waals surface area contributed by atoms with E-state index in [0.717, 1.165) is 18.8 Å². The zero-order valence-electron chi connectivity index (χ0n) is 11.5. The molecule has 2 aromatic rings. The molecule has 100 valence electrons. The van der Waals surface area contributed by atoms with Crippen LogP contribution in [0.5, 0.6) is 0 Å². The molecule has 0 amide bonds. The molecule has 0 atom stereocenters. The number of ether oxygens (including phenoxy) is 1. The van der Waals surface area contributed by atoms with Gasteiger partial charge >= 0.3 is 0 Å². The fraction of sp³-hybridized carbons (Fsp3) is 0.312. The molecule has 1 aromatic heterocycles. The summed E-state index contributed by atoms with van der Waals surface area (Å²) in [5, 5.41) is 3.42. The fourth-order valence-corrected chi connectivity index (χ4v) is 1.95. The van der Waals surface area contributed by atoms with E-state index in [-0.39, 0.29) is 0 Å². The molecule has 1 aromatic carbocycles.